The Kier molecular flexibility index (Phi) is 7.87. The third-order valence-electron chi connectivity index (χ3n) is 4.44. The normalized spacial score (nSPS) is 10.4. The van der Waals surface area contributed by atoms with Gasteiger partial charge in [-0.05, 0) is 43.3 Å². The van der Waals surface area contributed by atoms with Crippen LogP contribution in [0.25, 0.3) is 0 Å². The fourth-order valence-electron chi connectivity index (χ4n) is 2.85. The van der Waals surface area contributed by atoms with Crippen LogP contribution in [0.3, 0.4) is 0 Å². The van der Waals surface area contributed by atoms with Crippen molar-refractivity contribution in [2.45, 2.75) is 13.5 Å². The van der Waals surface area contributed by atoms with Gasteiger partial charge < -0.3 is 15.0 Å². The number of likely N-dealkylation sites (N-methyl/N-ethyl adjacent to an activating group) is 1. The van der Waals surface area contributed by atoms with E-state index >= 15 is 0 Å². The molecule has 1 heterocycles. The van der Waals surface area contributed by atoms with Gasteiger partial charge >= 0.3 is 0 Å². The van der Waals surface area contributed by atoms with Crippen molar-refractivity contribution >= 4 is 40.7 Å². The summed E-state index contributed by atoms with van der Waals surface area (Å²) in [5, 5.41) is 3.33. The third-order valence-corrected chi connectivity index (χ3v) is 5.07. The van der Waals surface area contributed by atoms with Crippen molar-refractivity contribution in [3.8, 4) is 5.75 Å². The van der Waals surface area contributed by atoms with E-state index in [0.717, 1.165) is 5.56 Å². The Morgan fingerprint density at radius 1 is 1.06 bits per heavy atom. The Balaban J connectivity index is 1.65. The van der Waals surface area contributed by atoms with Crippen LogP contribution in [0.1, 0.15) is 22.8 Å². The minimum absolute atomic E-state index is 0.141. The number of pyridine rings is 1. The smallest absolute Gasteiger partial charge is 0.254 e. The van der Waals surface area contributed by atoms with Gasteiger partial charge in [-0.15, -0.1) is 0 Å². The summed E-state index contributed by atoms with van der Waals surface area (Å²) in [6.07, 6.45) is 3.41. The topological polar surface area (TPSA) is 71.5 Å². The number of halogens is 2. The Labute approximate surface area is 190 Å². The first-order valence-corrected chi connectivity index (χ1v) is 10.4. The summed E-state index contributed by atoms with van der Waals surface area (Å²) in [6.45, 7) is 2.35. The van der Waals surface area contributed by atoms with Gasteiger partial charge in [0.25, 0.3) is 5.91 Å². The fraction of sp³-hybridized carbons (Fsp3) is 0.174. The van der Waals surface area contributed by atoms with Crippen LogP contribution in [0.2, 0.25) is 10.0 Å². The lowest BCUT2D eigenvalue weighted by molar-refractivity contribution is -0.116. The molecule has 3 rings (SSSR count). The first kappa shape index (κ1) is 22.6. The van der Waals surface area contributed by atoms with Crippen LogP contribution in [0, 0.1) is 0 Å². The van der Waals surface area contributed by atoms with Gasteiger partial charge in [-0.1, -0.05) is 41.4 Å². The molecule has 0 atom stereocenters. The van der Waals surface area contributed by atoms with Crippen LogP contribution in [-0.2, 0) is 11.4 Å². The fourth-order valence-corrected chi connectivity index (χ4v) is 3.34. The van der Waals surface area contributed by atoms with Gasteiger partial charge in [0.1, 0.15) is 18.9 Å². The minimum Gasteiger partial charge on any atom is -0.489 e. The highest BCUT2D eigenvalue weighted by Crippen LogP contribution is 2.29. The number of nitrogens with zero attached hydrogens (tertiary/aromatic N) is 2. The van der Waals surface area contributed by atoms with Crippen LogP contribution in [0.4, 0.5) is 5.69 Å². The highest BCUT2D eigenvalue weighted by molar-refractivity contribution is 6.39. The highest BCUT2D eigenvalue weighted by Gasteiger charge is 2.19. The minimum atomic E-state index is -0.394. The van der Waals surface area contributed by atoms with Crippen molar-refractivity contribution in [3.05, 3.63) is 88.2 Å². The van der Waals surface area contributed by atoms with Gasteiger partial charge in [-0.3, -0.25) is 14.6 Å². The second-order valence-corrected chi connectivity index (χ2v) is 7.46. The monoisotopic (exact) mass is 457 g/mol. The van der Waals surface area contributed by atoms with Crippen LogP contribution in [0.15, 0.2) is 67.0 Å². The number of nitrogens with one attached hydrogen (secondary N) is 1. The molecule has 0 saturated heterocycles. The molecule has 3 aromatic rings. The Morgan fingerprint density at radius 2 is 1.81 bits per heavy atom. The molecule has 0 aliphatic carbocycles. The predicted molar refractivity (Wildman–Crippen MR) is 122 cm³/mol. The zero-order valence-electron chi connectivity index (χ0n) is 16.8. The maximum Gasteiger partial charge on any atom is 0.254 e. The number of carbonyl (C=O) groups excluding carboxylic acids is 2. The molecule has 2 aromatic carbocycles. The lowest BCUT2D eigenvalue weighted by Gasteiger charge is -2.21. The Bertz CT molecular complexity index is 1040. The number of amides is 2. The van der Waals surface area contributed by atoms with E-state index < -0.39 is 5.91 Å². The summed E-state index contributed by atoms with van der Waals surface area (Å²) in [6, 6.07) is 15.5. The van der Waals surface area contributed by atoms with E-state index in [9.17, 15) is 9.59 Å². The van der Waals surface area contributed by atoms with Gasteiger partial charge in [0.05, 0.1) is 15.7 Å². The van der Waals surface area contributed by atoms with Crippen molar-refractivity contribution in [2.75, 3.05) is 18.4 Å². The lowest BCUT2D eigenvalue weighted by Crippen LogP contribution is -2.38. The molecule has 0 aliphatic heterocycles. The van der Waals surface area contributed by atoms with E-state index in [1.54, 1.807) is 61.8 Å². The molecule has 6 nitrogen and oxygen atoms in total. The van der Waals surface area contributed by atoms with E-state index in [1.807, 2.05) is 12.1 Å². The molecule has 8 heteroatoms. The Morgan fingerprint density at radius 3 is 2.48 bits per heavy atom. The van der Waals surface area contributed by atoms with Crippen molar-refractivity contribution in [3.63, 3.8) is 0 Å². The quantitative estimate of drug-likeness (QED) is 0.512. The molecule has 1 aromatic heterocycles. The van der Waals surface area contributed by atoms with Crippen molar-refractivity contribution < 1.29 is 14.3 Å². The molecular weight excluding hydrogens is 437 g/mol. The molecule has 0 aliphatic rings. The largest absolute Gasteiger partial charge is 0.489 e. The first-order chi connectivity index (χ1) is 15.0. The average molecular weight is 458 g/mol. The summed E-state index contributed by atoms with van der Waals surface area (Å²) >= 11 is 12.2. The van der Waals surface area contributed by atoms with Crippen LogP contribution in [-0.4, -0.2) is 34.8 Å². The molecule has 31 heavy (non-hydrogen) atoms. The van der Waals surface area contributed by atoms with Crippen LogP contribution in [0.5, 0.6) is 5.75 Å². The number of aromatic nitrogens is 1. The van der Waals surface area contributed by atoms with Gasteiger partial charge in [-0.25, -0.2) is 0 Å². The number of hydrogen-bond acceptors (Lipinski definition) is 4. The van der Waals surface area contributed by atoms with Gasteiger partial charge in [0.15, 0.2) is 0 Å². The molecule has 1 N–H and O–H groups in total. The number of para-hydroxylation sites is 1. The summed E-state index contributed by atoms with van der Waals surface area (Å²) in [7, 11) is 0. The molecule has 0 bridgehead atoms. The Hall–Kier alpha value is -3.09. The number of benzene rings is 2. The number of anilines is 1. The first-order valence-electron chi connectivity index (χ1n) is 9.63. The molecule has 0 spiro atoms. The maximum absolute atomic E-state index is 13.0. The van der Waals surface area contributed by atoms with Crippen LogP contribution >= 0.6 is 23.2 Å². The van der Waals surface area contributed by atoms with E-state index in [1.165, 1.54) is 4.90 Å². The summed E-state index contributed by atoms with van der Waals surface area (Å²) in [5.41, 5.74) is 1.67. The molecule has 0 unspecified atom stereocenters. The van der Waals surface area contributed by atoms with Crippen molar-refractivity contribution in [2.24, 2.45) is 0 Å². The summed E-state index contributed by atoms with van der Waals surface area (Å²) in [5.74, 6) is -0.123. The molecule has 0 radical (unpaired) electrons. The zero-order valence-corrected chi connectivity index (χ0v) is 18.4. The average Bonchev–Trinajstić information content (AvgIpc) is 2.79. The second-order valence-electron chi connectivity index (χ2n) is 6.64. The number of ether oxygens (including phenoxy) is 1. The van der Waals surface area contributed by atoms with Crippen molar-refractivity contribution in [1.82, 2.24) is 9.88 Å². The predicted octanol–water partition coefficient (Wildman–Crippen LogP) is 5.07. The number of hydrogen-bond donors (Lipinski definition) is 1. The summed E-state index contributed by atoms with van der Waals surface area (Å²) < 4.78 is 5.76. The standard InChI is InChI=1S/C23H21Cl2N3O3/c1-2-28(14-21(29)27-22-19(24)9-4-10-20(22)25)23(30)17-7-3-8-18(12-17)31-15-16-6-5-11-26-13-16/h3-13H,2,14-15H2,1H3,(H,27,29). The van der Waals surface area contributed by atoms with Gasteiger partial charge in [-0.2, -0.15) is 0 Å². The molecular formula is C23H21Cl2N3O3. The molecule has 0 saturated carbocycles. The van der Waals surface area contributed by atoms with Crippen LogP contribution < -0.4 is 10.1 Å². The van der Waals surface area contributed by atoms with Gasteiger partial charge in [0.2, 0.25) is 5.91 Å². The van der Waals surface area contributed by atoms with Gasteiger partial charge in [0, 0.05) is 30.1 Å². The second kappa shape index (κ2) is 10.8. The summed E-state index contributed by atoms with van der Waals surface area (Å²) in [4.78, 5) is 30.9. The number of rotatable bonds is 8. The van der Waals surface area contributed by atoms with E-state index in [2.05, 4.69) is 10.3 Å². The van der Waals surface area contributed by atoms with E-state index in [4.69, 9.17) is 27.9 Å². The van der Waals surface area contributed by atoms with E-state index in [0.29, 0.717) is 40.2 Å². The third kappa shape index (κ3) is 6.20. The van der Waals surface area contributed by atoms with Crippen molar-refractivity contribution in [1.29, 1.82) is 0 Å². The lowest BCUT2D eigenvalue weighted by atomic mass is 10.2. The SMILES string of the molecule is CCN(CC(=O)Nc1c(Cl)cccc1Cl)C(=O)c1cccc(OCc2cccnc2)c1. The highest BCUT2D eigenvalue weighted by atomic mass is 35.5. The van der Waals surface area contributed by atoms with E-state index in [-0.39, 0.29) is 12.5 Å². The zero-order chi connectivity index (χ0) is 22.2. The molecule has 0 fully saturated rings. The number of carbonyl (C=O) groups is 2. The molecule has 2 amide bonds. The molecule has 160 valence electrons. The maximum atomic E-state index is 13.0.